The van der Waals surface area contributed by atoms with E-state index < -0.39 is 0 Å². The van der Waals surface area contributed by atoms with Gasteiger partial charge in [-0.2, -0.15) is 0 Å². The Labute approximate surface area is 105 Å². The zero-order chi connectivity index (χ0) is 12.6. The van der Waals surface area contributed by atoms with Crippen LogP contribution in [0.25, 0.3) is 0 Å². The molecule has 0 rings (SSSR count). The van der Waals surface area contributed by atoms with Crippen LogP contribution in [0.5, 0.6) is 0 Å². The molecule has 0 aliphatic rings. The Bertz CT molecular complexity index is 190. The monoisotopic (exact) mass is 247 g/mol. The number of hydrogen-bond acceptors (Lipinski definition) is 1. The van der Waals surface area contributed by atoms with E-state index in [1.807, 2.05) is 6.92 Å². The Morgan fingerprint density at radius 1 is 1.19 bits per heavy atom. The molecule has 0 bridgehead atoms. The third-order valence-corrected chi connectivity index (χ3v) is 3.60. The minimum Gasteiger partial charge on any atom is -0.353 e. The highest BCUT2D eigenvalue weighted by atomic mass is 35.5. The Morgan fingerprint density at radius 2 is 1.69 bits per heavy atom. The molecule has 16 heavy (non-hydrogen) atoms. The highest BCUT2D eigenvalue weighted by Crippen LogP contribution is 2.15. The summed E-state index contributed by atoms with van der Waals surface area (Å²) in [5.74, 6) is 1.30. The highest BCUT2D eigenvalue weighted by Gasteiger charge is 2.20. The normalized spacial score (nSPS) is 14.9. The van der Waals surface area contributed by atoms with Gasteiger partial charge in [0.1, 0.15) is 0 Å². The first-order chi connectivity index (χ1) is 7.56. The van der Waals surface area contributed by atoms with Crippen LogP contribution in [-0.2, 0) is 4.79 Å². The van der Waals surface area contributed by atoms with Gasteiger partial charge in [-0.1, -0.05) is 33.6 Å². The molecule has 1 amide bonds. The lowest BCUT2D eigenvalue weighted by molar-refractivity contribution is -0.126. The van der Waals surface area contributed by atoms with Gasteiger partial charge in [-0.25, -0.2) is 0 Å². The molecule has 1 N–H and O–H groups in total. The Kier molecular flexibility index (Phi) is 8.73. The van der Waals surface area contributed by atoms with E-state index in [4.69, 9.17) is 11.6 Å². The van der Waals surface area contributed by atoms with Gasteiger partial charge in [0, 0.05) is 17.8 Å². The molecular formula is C13H26ClNO. The van der Waals surface area contributed by atoms with Gasteiger partial charge in [0.05, 0.1) is 0 Å². The molecule has 0 heterocycles. The zero-order valence-corrected chi connectivity index (χ0v) is 11.8. The molecule has 0 saturated carbocycles. The van der Waals surface area contributed by atoms with Gasteiger partial charge in [-0.15, -0.1) is 11.6 Å². The molecule has 0 aromatic carbocycles. The number of nitrogens with one attached hydrogen (secondary N) is 1. The van der Waals surface area contributed by atoms with Crippen molar-refractivity contribution in [3.63, 3.8) is 0 Å². The zero-order valence-electron chi connectivity index (χ0n) is 11.1. The summed E-state index contributed by atoms with van der Waals surface area (Å²) in [6.07, 6.45) is 4.11. The van der Waals surface area contributed by atoms with Crippen LogP contribution in [0, 0.1) is 11.8 Å². The van der Waals surface area contributed by atoms with Crippen molar-refractivity contribution >= 4 is 17.5 Å². The van der Waals surface area contributed by atoms with Crippen molar-refractivity contribution in [3.05, 3.63) is 0 Å². The highest BCUT2D eigenvalue weighted by molar-refractivity contribution is 6.18. The molecule has 0 aliphatic carbocycles. The second-order valence-corrected chi connectivity index (χ2v) is 5.01. The van der Waals surface area contributed by atoms with Gasteiger partial charge < -0.3 is 5.32 Å². The van der Waals surface area contributed by atoms with E-state index in [0.717, 1.165) is 25.7 Å². The smallest absolute Gasteiger partial charge is 0.223 e. The SMILES string of the molecule is CCCC(CCC)C(=O)NC(C)C(C)CCl. The van der Waals surface area contributed by atoms with Gasteiger partial charge >= 0.3 is 0 Å². The van der Waals surface area contributed by atoms with Crippen LogP contribution in [-0.4, -0.2) is 17.8 Å². The molecule has 3 heteroatoms. The summed E-state index contributed by atoms with van der Waals surface area (Å²) in [5, 5.41) is 3.08. The molecule has 0 aromatic rings. The molecule has 0 spiro atoms. The van der Waals surface area contributed by atoms with Gasteiger partial charge in [0.15, 0.2) is 0 Å². The van der Waals surface area contributed by atoms with Crippen LogP contribution in [0.2, 0.25) is 0 Å². The lowest BCUT2D eigenvalue weighted by atomic mass is 9.96. The van der Waals surface area contributed by atoms with Crippen LogP contribution in [0.3, 0.4) is 0 Å². The number of amides is 1. The standard InChI is InChI=1S/C13H26ClNO/c1-5-7-12(8-6-2)13(16)15-11(4)10(3)9-14/h10-12H,5-9H2,1-4H3,(H,15,16). The van der Waals surface area contributed by atoms with E-state index in [9.17, 15) is 4.79 Å². The van der Waals surface area contributed by atoms with E-state index in [1.54, 1.807) is 0 Å². The lowest BCUT2D eigenvalue weighted by Gasteiger charge is -2.22. The fraction of sp³-hybridized carbons (Fsp3) is 0.923. The van der Waals surface area contributed by atoms with Crippen LogP contribution >= 0.6 is 11.6 Å². The minimum absolute atomic E-state index is 0.168. The third-order valence-electron chi connectivity index (χ3n) is 3.11. The summed E-state index contributed by atoms with van der Waals surface area (Å²) in [4.78, 5) is 12.0. The fourth-order valence-corrected chi connectivity index (χ4v) is 1.99. The first-order valence-electron chi connectivity index (χ1n) is 6.43. The summed E-state index contributed by atoms with van der Waals surface area (Å²) >= 11 is 5.78. The van der Waals surface area contributed by atoms with Crippen molar-refractivity contribution in [2.75, 3.05) is 5.88 Å². The lowest BCUT2D eigenvalue weighted by Crippen LogP contribution is -2.41. The maximum atomic E-state index is 12.0. The molecular weight excluding hydrogens is 222 g/mol. The van der Waals surface area contributed by atoms with Crippen molar-refractivity contribution in [1.29, 1.82) is 0 Å². The number of halogens is 1. The van der Waals surface area contributed by atoms with Crippen molar-refractivity contribution in [1.82, 2.24) is 5.32 Å². The second-order valence-electron chi connectivity index (χ2n) is 4.70. The molecule has 0 saturated heterocycles. The predicted molar refractivity (Wildman–Crippen MR) is 70.8 cm³/mol. The van der Waals surface area contributed by atoms with Gasteiger partial charge in [-0.05, 0) is 25.7 Å². The van der Waals surface area contributed by atoms with E-state index >= 15 is 0 Å². The largest absolute Gasteiger partial charge is 0.353 e. The summed E-state index contributed by atoms with van der Waals surface area (Å²) in [5.41, 5.74) is 0. The molecule has 0 radical (unpaired) electrons. The topological polar surface area (TPSA) is 29.1 Å². The number of carbonyl (C=O) groups is 1. The number of rotatable bonds is 8. The molecule has 2 unspecified atom stereocenters. The maximum absolute atomic E-state index is 12.0. The van der Waals surface area contributed by atoms with Crippen LogP contribution in [0.4, 0.5) is 0 Å². The Morgan fingerprint density at radius 3 is 2.06 bits per heavy atom. The van der Waals surface area contributed by atoms with Crippen LogP contribution < -0.4 is 5.32 Å². The number of carbonyl (C=O) groups excluding carboxylic acids is 1. The minimum atomic E-state index is 0.168. The van der Waals surface area contributed by atoms with Crippen LogP contribution in [0.15, 0.2) is 0 Å². The number of alkyl halides is 1. The van der Waals surface area contributed by atoms with Crippen molar-refractivity contribution in [2.45, 2.75) is 59.4 Å². The molecule has 0 aromatic heterocycles. The molecule has 0 aliphatic heterocycles. The van der Waals surface area contributed by atoms with Gasteiger partial charge in [0.2, 0.25) is 5.91 Å². The summed E-state index contributed by atoms with van der Waals surface area (Å²) in [6, 6.07) is 0.168. The van der Waals surface area contributed by atoms with E-state index in [2.05, 4.69) is 26.1 Å². The third kappa shape index (κ3) is 5.74. The molecule has 2 nitrogen and oxygen atoms in total. The van der Waals surface area contributed by atoms with E-state index in [-0.39, 0.29) is 17.9 Å². The van der Waals surface area contributed by atoms with Gasteiger partial charge in [0.25, 0.3) is 0 Å². The maximum Gasteiger partial charge on any atom is 0.223 e. The molecule has 0 fully saturated rings. The Hall–Kier alpha value is -0.240. The quantitative estimate of drug-likeness (QED) is 0.653. The first-order valence-corrected chi connectivity index (χ1v) is 6.96. The summed E-state index contributed by atoms with van der Waals surface area (Å²) < 4.78 is 0. The fourth-order valence-electron chi connectivity index (χ4n) is 1.72. The summed E-state index contributed by atoms with van der Waals surface area (Å²) in [7, 11) is 0. The van der Waals surface area contributed by atoms with E-state index in [0.29, 0.717) is 11.8 Å². The van der Waals surface area contributed by atoms with E-state index in [1.165, 1.54) is 0 Å². The average Bonchev–Trinajstić information content (AvgIpc) is 2.27. The van der Waals surface area contributed by atoms with Crippen molar-refractivity contribution < 1.29 is 4.79 Å². The van der Waals surface area contributed by atoms with Crippen LogP contribution in [0.1, 0.15) is 53.4 Å². The second kappa shape index (κ2) is 8.86. The average molecular weight is 248 g/mol. The predicted octanol–water partition coefficient (Wildman–Crippen LogP) is 3.58. The van der Waals surface area contributed by atoms with Gasteiger partial charge in [-0.3, -0.25) is 4.79 Å². The Balaban J connectivity index is 4.17. The number of hydrogen-bond donors (Lipinski definition) is 1. The van der Waals surface area contributed by atoms with Crippen molar-refractivity contribution in [2.24, 2.45) is 11.8 Å². The first kappa shape index (κ1) is 15.8. The molecule has 96 valence electrons. The summed E-state index contributed by atoms with van der Waals surface area (Å²) in [6.45, 7) is 8.34. The molecule has 2 atom stereocenters. The van der Waals surface area contributed by atoms with Crippen molar-refractivity contribution in [3.8, 4) is 0 Å².